The van der Waals surface area contributed by atoms with Gasteiger partial charge in [0, 0.05) is 42.9 Å². The van der Waals surface area contributed by atoms with Gasteiger partial charge in [0.2, 0.25) is 0 Å². The second kappa shape index (κ2) is 6.87. The van der Waals surface area contributed by atoms with Crippen LogP contribution in [0.1, 0.15) is 26.3 Å². The molecule has 2 N–H and O–H groups in total. The average molecular weight is 370 g/mol. The van der Waals surface area contributed by atoms with Crippen LogP contribution >= 0.6 is 15.9 Å². The van der Waals surface area contributed by atoms with Crippen LogP contribution in [0, 0.1) is 0 Å². The number of ether oxygens (including phenoxy) is 1. The van der Waals surface area contributed by atoms with E-state index in [1.54, 1.807) is 4.90 Å². The van der Waals surface area contributed by atoms with E-state index in [9.17, 15) is 4.79 Å². The predicted molar refractivity (Wildman–Crippen MR) is 91.6 cm³/mol. The van der Waals surface area contributed by atoms with Crippen LogP contribution in [0.4, 0.5) is 10.5 Å². The Morgan fingerprint density at radius 1 is 1.27 bits per heavy atom. The van der Waals surface area contributed by atoms with E-state index in [4.69, 9.17) is 10.5 Å². The summed E-state index contributed by atoms with van der Waals surface area (Å²) in [6.45, 7) is 9.59. The highest BCUT2D eigenvalue weighted by atomic mass is 79.9. The summed E-state index contributed by atoms with van der Waals surface area (Å²) < 4.78 is 6.33. The molecule has 22 heavy (non-hydrogen) atoms. The molecule has 0 atom stereocenters. The third kappa shape index (κ3) is 4.88. The quantitative estimate of drug-likeness (QED) is 0.813. The Balaban J connectivity index is 1.84. The molecule has 0 radical (unpaired) electrons. The lowest BCUT2D eigenvalue weighted by molar-refractivity contribution is 0.0139. The van der Waals surface area contributed by atoms with Crippen molar-refractivity contribution in [2.45, 2.75) is 32.9 Å². The number of rotatable bonds is 2. The second-order valence-electron chi connectivity index (χ2n) is 6.60. The first kappa shape index (κ1) is 17.1. The van der Waals surface area contributed by atoms with Crippen molar-refractivity contribution < 1.29 is 9.53 Å². The molecule has 0 unspecified atom stereocenters. The van der Waals surface area contributed by atoms with Crippen molar-refractivity contribution in [3.8, 4) is 0 Å². The Morgan fingerprint density at radius 2 is 1.91 bits per heavy atom. The van der Waals surface area contributed by atoms with Crippen LogP contribution < -0.4 is 5.73 Å². The Morgan fingerprint density at radius 3 is 2.45 bits per heavy atom. The van der Waals surface area contributed by atoms with Gasteiger partial charge >= 0.3 is 6.09 Å². The van der Waals surface area contributed by atoms with Crippen molar-refractivity contribution in [2.75, 3.05) is 31.9 Å². The van der Waals surface area contributed by atoms with Crippen molar-refractivity contribution in [1.29, 1.82) is 0 Å². The van der Waals surface area contributed by atoms with Gasteiger partial charge in [0.25, 0.3) is 0 Å². The maximum atomic E-state index is 12.0. The summed E-state index contributed by atoms with van der Waals surface area (Å²) in [7, 11) is 0. The van der Waals surface area contributed by atoms with Crippen molar-refractivity contribution >= 4 is 27.7 Å². The molecule has 2 rings (SSSR count). The topological polar surface area (TPSA) is 58.8 Å². The summed E-state index contributed by atoms with van der Waals surface area (Å²) in [5.74, 6) is 0. The van der Waals surface area contributed by atoms with Gasteiger partial charge in [-0.15, -0.1) is 0 Å². The first-order valence-electron chi connectivity index (χ1n) is 7.49. The van der Waals surface area contributed by atoms with Crippen LogP contribution in [0.2, 0.25) is 0 Å². The van der Waals surface area contributed by atoms with Crippen LogP contribution in [0.3, 0.4) is 0 Å². The van der Waals surface area contributed by atoms with E-state index in [2.05, 4.69) is 26.9 Å². The summed E-state index contributed by atoms with van der Waals surface area (Å²) in [6.07, 6.45) is -0.222. The zero-order chi connectivity index (χ0) is 16.3. The summed E-state index contributed by atoms with van der Waals surface area (Å²) in [6, 6.07) is 6.03. The molecule has 0 bridgehead atoms. The van der Waals surface area contributed by atoms with Gasteiger partial charge in [0.05, 0.1) is 0 Å². The Hall–Kier alpha value is -1.27. The molecule has 0 aromatic heterocycles. The van der Waals surface area contributed by atoms with Gasteiger partial charge in [-0.3, -0.25) is 4.90 Å². The highest BCUT2D eigenvalue weighted by Crippen LogP contribution is 2.21. The standard InChI is InChI=1S/C16H24BrN3O2/c1-16(2,3)22-15(21)20-8-6-19(7-9-20)11-12-4-5-13(17)14(18)10-12/h4-5,10H,6-9,11,18H2,1-3H3. The minimum atomic E-state index is -0.441. The van der Waals surface area contributed by atoms with Crippen molar-refractivity contribution in [2.24, 2.45) is 0 Å². The highest BCUT2D eigenvalue weighted by molar-refractivity contribution is 9.10. The van der Waals surface area contributed by atoms with E-state index >= 15 is 0 Å². The average Bonchev–Trinajstić information content (AvgIpc) is 2.42. The number of anilines is 1. The van der Waals surface area contributed by atoms with Crippen molar-refractivity contribution in [1.82, 2.24) is 9.80 Å². The number of nitrogens with two attached hydrogens (primary N) is 1. The molecule has 122 valence electrons. The van der Waals surface area contributed by atoms with Crippen molar-refractivity contribution in [3.63, 3.8) is 0 Å². The molecule has 1 heterocycles. The van der Waals surface area contributed by atoms with Crippen LogP contribution in [0.5, 0.6) is 0 Å². The first-order chi connectivity index (χ1) is 10.2. The maximum Gasteiger partial charge on any atom is 0.410 e. The maximum absolute atomic E-state index is 12.0. The molecule has 5 nitrogen and oxygen atoms in total. The fourth-order valence-electron chi connectivity index (χ4n) is 2.36. The van der Waals surface area contributed by atoms with Gasteiger partial charge in [-0.25, -0.2) is 4.79 Å². The van der Waals surface area contributed by atoms with E-state index < -0.39 is 5.60 Å². The third-order valence-electron chi connectivity index (χ3n) is 3.49. The van der Waals surface area contributed by atoms with Gasteiger partial charge < -0.3 is 15.4 Å². The van der Waals surface area contributed by atoms with Crippen molar-refractivity contribution in [3.05, 3.63) is 28.2 Å². The van der Waals surface area contributed by atoms with Crippen LogP contribution in [0.25, 0.3) is 0 Å². The molecule has 1 aromatic carbocycles. The number of hydrogen-bond donors (Lipinski definition) is 1. The molecular weight excluding hydrogens is 346 g/mol. The van der Waals surface area contributed by atoms with Gasteiger partial charge in [-0.2, -0.15) is 0 Å². The molecule has 1 aliphatic heterocycles. The van der Waals surface area contributed by atoms with E-state index in [1.165, 1.54) is 5.56 Å². The van der Waals surface area contributed by atoms with E-state index in [1.807, 2.05) is 32.9 Å². The number of benzene rings is 1. The zero-order valence-electron chi connectivity index (χ0n) is 13.4. The monoisotopic (exact) mass is 369 g/mol. The zero-order valence-corrected chi connectivity index (χ0v) is 15.0. The van der Waals surface area contributed by atoms with Gasteiger partial charge in [0.15, 0.2) is 0 Å². The number of carbonyl (C=O) groups is 1. The normalized spacial score (nSPS) is 16.6. The summed E-state index contributed by atoms with van der Waals surface area (Å²) >= 11 is 3.41. The number of amides is 1. The number of halogens is 1. The van der Waals surface area contributed by atoms with Gasteiger partial charge in [-0.05, 0) is 54.4 Å². The number of nitrogens with zero attached hydrogens (tertiary/aromatic N) is 2. The van der Waals surface area contributed by atoms with E-state index in [0.717, 1.165) is 29.8 Å². The smallest absolute Gasteiger partial charge is 0.410 e. The highest BCUT2D eigenvalue weighted by Gasteiger charge is 2.25. The lowest BCUT2D eigenvalue weighted by atomic mass is 10.2. The fraction of sp³-hybridized carbons (Fsp3) is 0.562. The summed E-state index contributed by atoms with van der Waals surface area (Å²) in [4.78, 5) is 16.1. The third-order valence-corrected chi connectivity index (χ3v) is 4.21. The molecule has 1 amide bonds. The summed E-state index contributed by atoms with van der Waals surface area (Å²) in [5.41, 5.74) is 7.41. The summed E-state index contributed by atoms with van der Waals surface area (Å²) in [5, 5.41) is 0. The number of piperazine rings is 1. The number of nitrogen functional groups attached to an aromatic ring is 1. The Kier molecular flexibility index (Phi) is 5.34. The van der Waals surface area contributed by atoms with Gasteiger partial charge in [0.1, 0.15) is 5.60 Å². The van der Waals surface area contributed by atoms with E-state index in [0.29, 0.717) is 13.1 Å². The van der Waals surface area contributed by atoms with E-state index in [-0.39, 0.29) is 6.09 Å². The van der Waals surface area contributed by atoms with Crippen LogP contribution in [0.15, 0.2) is 22.7 Å². The lowest BCUT2D eigenvalue weighted by Crippen LogP contribution is -2.49. The Bertz CT molecular complexity index is 535. The second-order valence-corrected chi connectivity index (χ2v) is 7.45. The molecule has 1 aromatic rings. The van der Waals surface area contributed by atoms with Gasteiger partial charge in [-0.1, -0.05) is 6.07 Å². The molecule has 0 aliphatic carbocycles. The minimum Gasteiger partial charge on any atom is -0.444 e. The Labute approximate surface area is 140 Å². The minimum absolute atomic E-state index is 0.222. The van der Waals surface area contributed by atoms with Crippen LogP contribution in [-0.4, -0.2) is 47.7 Å². The molecule has 0 saturated carbocycles. The molecule has 1 fully saturated rings. The molecule has 6 heteroatoms. The number of carbonyl (C=O) groups excluding carboxylic acids is 1. The largest absolute Gasteiger partial charge is 0.444 e. The van der Waals surface area contributed by atoms with Crippen LogP contribution in [-0.2, 0) is 11.3 Å². The predicted octanol–water partition coefficient (Wildman–Crippen LogP) is 3.08. The SMILES string of the molecule is CC(C)(C)OC(=O)N1CCN(Cc2ccc(Br)c(N)c2)CC1. The lowest BCUT2D eigenvalue weighted by Gasteiger charge is -2.35. The molecule has 1 aliphatic rings. The fourth-order valence-corrected chi connectivity index (χ4v) is 2.61. The number of hydrogen-bond acceptors (Lipinski definition) is 4. The molecule has 0 spiro atoms. The molecular formula is C16H24BrN3O2. The molecule has 1 saturated heterocycles. The first-order valence-corrected chi connectivity index (χ1v) is 8.28.